The van der Waals surface area contributed by atoms with Crippen LogP contribution in [0.15, 0.2) is 35.0 Å². The fourth-order valence-corrected chi connectivity index (χ4v) is 1.43. The summed E-state index contributed by atoms with van der Waals surface area (Å²) in [7, 11) is 0. The zero-order valence-corrected chi connectivity index (χ0v) is 8.93. The molecule has 4 nitrogen and oxygen atoms in total. The van der Waals surface area contributed by atoms with Crippen molar-refractivity contribution in [1.29, 1.82) is 0 Å². The molecule has 0 amide bonds. The number of nitrogens with zero attached hydrogens (tertiary/aromatic N) is 1. The third kappa shape index (κ3) is 2.01. The van der Waals surface area contributed by atoms with Gasteiger partial charge in [-0.2, -0.15) is 0 Å². The van der Waals surface area contributed by atoms with Gasteiger partial charge in [-0.15, -0.1) is 0 Å². The average Bonchev–Trinajstić information content (AvgIpc) is 2.76. The van der Waals surface area contributed by atoms with Crippen LogP contribution >= 0.6 is 0 Å². The second-order valence-electron chi connectivity index (χ2n) is 3.55. The van der Waals surface area contributed by atoms with E-state index in [4.69, 9.17) is 10.2 Å². The Hall–Kier alpha value is -1.94. The van der Waals surface area contributed by atoms with Gasteiger partial charge in [0, 0.05) is 18.0 Å². The Morgan fingerprint density at radius 2 is 2.25 bits per heavy atom. The molecule has 0 fully saturated rings. The maximum Gasteiger partial charge on any atom is 0.229 e. The van der Waals surface area contributed by atoms with Crippen LogP contribution < -0.4 is 5.73 Å². The first-order valence-electron chi connectivity index (χ1n) is 4.96. The van der Waals surface area contributed by atoms with Gasteiger partial charge in [-0.25, -0.2) is 0 Å². The van der Waals surface area contributed by atoms with Crippen molar-refractivity contribution in [1.82, 2.24) is 4.98 Å². The summed E-state index contributed by atoms with van der Waals surface area (Å²) in [4.78, 5) is 15.9. The average molecular weight is 216 g/mol. The molecule has 2 heterocycles. The molecule has 0 aliphatic rings. The lowest BCUT2D eigenvalue weighted by atomic mass is 10.1. The fourth-order valence-electron chi connectivity index (χ4n) is 1.43. The summed E-state index contributed by atoms with van der Waals surface area (Å²) < 4.78 is 5.29. The first kappa shape index (κ1) is 10.6. The van der Waals surface area contributed by atoms with E-state index in [1.165, 1.54) is 6.20 Å². The maximum atomic E-state index is 12.0. The summed E-state index contributed by atoms with van der Waals surface area (Å²) in [5.74, 6) is 0.729. The molecule has 16 heavy (non-hydrogen) atoms. The second kappa shape index (κ2) is 4.28. The molecule has 2 aromatic heterocycles. The van der Waals surface area contributed by atoms with Gasteiger partial charge in [-0.3, -0.25) is 9.78 Å². The highest BCUT2D eigenvalue weighted by molar-refractivity contribution is 6.07. The number of carbonyl (C=O) groups excluding carboxylic acids is 1. The van der Waals surface area contributed by atoms with Crippen LogP contribution in [0.25, 0.3) is 0 Å². The molecule has 0 aromatic carbocycles. The highest BCUT2D eigenvalue weighted by atomic mass is 16.3. The third-order valence-electron chi connectivity index (χ3n) is 2.22. The van der Waals surface area contributed by atoms with E-state index in [0.717, 1.165) is 5.56 Å². The van der Waals surface area contributed by atoms with E-state index in [2.05, 4.69) is 4.98 Å². The number of furan rings is 1. The molecule has 0 radical (unpaired) electrons. The highest BCUT2D eigenvalue weighted by Gasteiger charge is 2.13. The molecule has 0 bridgehead atoms. The Bertz CT molecular complexity index is 517. The summed E-state index contributed by atoms with van der Waals surface area (Å²) in [6, 6.07) is 5.11. The minimum absolute atomic E-state index is 0.170. The molecular weight excluding hydrogens is 204 g/mol. The molecule has 0 saturated carbocycles. The number of hydrogen-bond acceptors (Lipinski definition) is 4. The van der Waals surface area contributed by atoms with Crippen LogP contribution in [0, 0.1) is 6.92 Å². The van der Waals surface area contributed by atoms with E-state index in [9.17, 15) is 4.79 Å². The molecule has 4 heteroatoms. The van der Waals surface area contributed by atoms with E-state index in [1.807, 2.05) is 6.92 Å². The maximum absolute atomic E-state index is 12.0. The molecular formula is C12H12N2O2. The van der Waals surface area contributed by atoms with Gasteiger partial charge in [-0.05, 0) is 30.7 Å². The summed E-state index contributed by atoms with van der Waals surface area (Å²) in [6.07, 6.45) is 3.23. The van der Waals surface area contributed by atoms with Gasteiger partial charge >= 0.3 is 0 Å². The molecule has 0 spiro atoms. The molecule has 2 rings (SSSR count). The Morgan fingerprint density at radius 1 is 1.44 bits per heavy atom. The fraction of sp³-hybridized carbons (Fsp3) is 0.167. The van der Waals surface area contributed by atoms with Crippen LogP contribution in [0.3, 0.4) is 0 Å². The summed E-state index contributed by atoms with van der Waals surface area (Å²) >= 11 is 0. The van der Waals surface area contributed by atoms with Crippen molar-refractivity contribution in [2.24, 2.45) is 5.73 Å². The van der Waals surface area contributed by atoms with Crippen molar-refractivity contribution in [3.63, 3.8) is 0 Å². The Morgan fingerprint density at radius 3 is 2.88 bits per heavy atom. The normalized spacial score (nSPS) is 10.4. The smallest absolute Gasteiger partial charge is 0.229 e. The van der Waals surface area contributed by atoms with Gasteiger partial charge in [0.05, 0.1) is 6.54 Å². The highest BCUT2D eigenvalue weighted by Crippen LogP contribution is 2.13. The first-order valence-corrected chi connectivity index (χ1v) is 4.96. The van der Waals surface area contributed by atoms with E-state index in [0.29, 0.717) is 23.6 Å². The monoisotopic (exact) mass is 216 g/mol. The van der Waals surface area contributed by atoms with E-state index < -0.39 is 0 Å². The molecule has 0 unspecified atom stereocenters. The number of aryl methyl sites for hydroxylation is 1. The quantitative estimate of drug-likeness (QED) is 0.792. The second-order valence-corrected chi connectivity index (χ2v) is 3.55. The Balaban J connectivity index is 2.31. The van der Waals surface area contributed by atoms with Gasteiger partial charge in [0.1, 0.15) is 5.76 Å². The molecule has 82 valence electrons. The van der Waals surface area contributed by atoms with Crippen molar-refractivity contribution in [2.75, 3.05) is 0 Å². The first-order chi connectivity index (χ1) is 7.70. The molecule has 0 aliphatic carbocycles. The molecule has 0 saturated heterocycles. The van der Waals surface area contributed by atoms with Gasteiger partial charge in [0.15, 0.2) is 5.76 Å². The SMILES string of the molecule is Cc1cncc(C(=O)c2ccc(CN)o2)c1. The van der Waals surface area contributed by atoms with Crippen molar-refractivity contribution in [3.8, 4) is 0 Å². The number of rotatable bonds is 3. The molecule has 2 aromatic rings. The predicted molar refractivity (Wildman–Crippen MR) is 59.0 cm³/mol. The lowest BCUT2D eigenvalue weighted by Gasteiger charge is -1.98. The minimum Gasteiger partial charge on any atom is -0.456 e. The van der Waals surface area contributed by atoms with Gasteiger partial charge < -0.3 is 10.2 Å². The standard InChI is InChI=1S/C12H12N2O2/c1-8-4-9(7-14-6-8)12(15)11-3-2-10(5-13)16-11/h2-4,6-7H,5,13H2,1H3. The van der Waals surface area contributed by atoms with Crippen molar-refractivity contribution < 1.29 is 9.21 Å². The van der Waals surface area contributed by atoms with Crippen LogP contribution in [0.2, 0.25) is 0 Å². The summed E-state index contributed by atoms with van der Waals surface area (Å²) in [6.45, 7) is 2.18. The number of nitrogens with two attached hydrogens (primary N) is 1. The zero-order valence-electron chi connectivity index (χ0n) is 8.93. The number of aromatic nitrogens is 1. The Labute approximate surface area is 93.1 Å². The van der Waals surface area contributed by atoms with Crippen molar-refractivity contribution >= 4 is 5.78 Å². The van der Waals surface area contributed by atoms with Crippen LogP contribution in [-0.2, 0) is 6.54 Å². The van der Waals surface area contributed by atoms with E-state index >= 15 is 0 Å². The summed E-state index contributed by atoms with van der Waals surface area (Å²) in [5.41, 5.74) is 6.88. The van der Waals surface area contributed by atoms with E-state index in [-0.39, 0.29) is 5.78 Å². The molecule has 0 atom stereocenters. The van der Waals surface area contributed by atoms with Gasteiger partial charge in [0.2, 0.25) is 5.78 Å². The van der Waals surface area contributed by atoms with E-state index in [1.54, 1.807) is 24.4 Å². The lowest BCUT2D eigenvalue weighted by molar-refractivity contribution is 0.101. The lowest BCUT2D eigenvalue weighted by Crippen LogP contribution is -2.01. The van der Waals surface area contributed by atoms with Crippen LogP contribution in [-0.4, -0.2) is 10.8 Å². The number of carbonyl (C=O) groups is 1. The summed E-state index contributed by atoms with van der Waals surface area (Å²) in [5, 5.41) is 0. The predicted octanol–water partition coefficient (Wildman–Crippen LogP) is 1.67. The topological polar surface area (TPSA) is 69.1 Å². The largest absolute Gasteiger partial charge is 0.456 e. The van der Waals surface area contributed by atoms with Gasteiger partial charge in [0.25, 0.3) is 0 Å². The van der Waals surface area contributed by atoms with Crippen LogP contribution in [0.4, 0.5) is 0 Å². The molecule has 2 N–H and O–H groups in total. The van der Waals surface area contributed by atoms with Crippen molar-refractivity contribution in [3.05, 3.63) is 53.2 Å². The minimum atomic E-state index is -0.170. The number of ketones is 1. The number of pyridine rings is 1. The van der Waals surface area contributed by atoms with Gasteiger partial charge in [-0.1, -0.05) is 0 Å². The van der Waals surface area contributed by atoms with Crippen LogP contribution in [0.1, 0.15) is 27.4 Å². The Kier molecular flexibility index (Phi) is 2.83. The van der Waals surface area contributed by atoms with Crippen molar-refractivity contribution in [2.45, 2.75) is 13.5 Å². The van der Waals surface area contributed by atoms with Crippen LogP contribution in [0.5, 0.6) is 0 Å². The third-order valence-corrected chi connectivity index (χ3v) is 2.22. The number of hydrogen-bond donors (Lipinski definition) is 1. The zero-order chi connectivity index (χ0) is 11.5. The molecule has 0 aliphatic heterocycles.